The second-order valence-corrected chi connectivity index (χ2v) is 9.49. The Morgan fingerprint density at radius 1 is 0.973 bits per heavy atom. The summed E-state index contributed by atoms with van der Waals surface area (Å²) in [5.41, 5.74) is 2.74. The van der Waals surface area contributed by atoms with Crippen LogP contribution in [0.1, 0.15) is 34.3 Å². The molecule has 0 spiro atoms. The summed E-state index contributed by atoms with van der Waals surface area (Å²) in [6.45, 7) is 0.127. The lowest BCUT2D eigenvalue weighted by atomic mass is 10.0. The normalized spacial score (nSPS) is 11.0. The Labute approximate surface area is 214 Å². The maximum atomic E-state index is 13.1. The minimum atomic E-state index is -4.37. The van der Waals surface area contributed by atoms with Gasteiger partial charge in [0, 0.05) is 12.0 Å². The standard InChI is InChI=1S/C25H27N3O8S/c1-35-21-12-13-23(20(17-21)15-18-7-3-2-4-8-18)37(33,34)27-28(32)25(30)19-9-5-10-22(16-19)36-14-6-11-24(29)26-31/h2-5,7-10,12-13,16-17,27,31-32H,6,11,14-15H2,1H3,(H,26,29). The predicted octanol–water partition coefficient (Wildman–Crippen LogP) is 2.68. The van der Waals surface area contributed by atoms with Crippen molar-refractivity contribution in [1.82, 2.24) is 15.5 Å². The van der Waals surface area contributed by atoms with E-state index in [0.29, 0.717) is 17.7 Å². The van der Waals surface area contributed by atoms with Crippen LogP contribution in [0.15, 0.2) is 77.7 Å². The molecule has 3 rings (SSSR count). The summed E-state index contributed by atoms with van der Waals surface area (Å²) in [7, 11) is -2.90. The molecule has 0 aromatic heterocycles. The summed E-state index contributed by atoms with van der Waals surface area (Å²) >= 11 is 0. The molecule has 196 valence electrons. The molecular formula is C25H27N3O8S. The first-order valence-electron chi connectivity index (χ1n) is 11.2. The van der Waals surface area contributed by atoms with Crippen LogP contribution in [-0.2, 0) is 21.2 Å². The Balaban J connectivity index is 1.73. The first-order chi connectivity index (χ1) is 17.7. The third kappa shape index (κ3) is 7.75. The van der Waals surface area contributed by atoms with Crippen molar-refractivity contribution >= 4 is 21.8 Å². The molecule has 0 radical (unpaired) electrons. The molecule has 12 heteroatoms. The van der Waals surface area contributed by atoms with Crippen molar-refractivity contribution in [1.29, 1.82) is 0 Å². The summed E-state index contributed by atoms with van der Waals surface area (Å²) < 4.78 is 37.0. The fraction of sp³-hybridized carbons (Fsp3) is 0.200. The monoisotopic (exact) mass is 529 g/mol. The number of amides is 2. The van der Waals surface area contributed by atoms with Gasteiger partial charge in [-0.15, -0.1) is 5.17 Å². The molecule has 2 amide bonds. The van der Waals surface area contributed by atoms with E-state index in [0.717, 1.165) is 5.56 Å². The van der Waals surface area contributed by atoms with Gasteiger partial charge >= 0.3 is 0 Å². The fourth-order valence-corrected chi connectivity index (χ4v) is 4.56. The van der Waals surface area contributed by atoms with Gasteiger partial charge in [0.2, 0.25) is 5.91 Å². The number of hydrogen-bond donors (Lipinski definition) is 4. The molecule has 0 aliphatic rings. The molecular weight excluding hydrogens is 502 g/mol. The number of nitrogens with one attached hydrogen (secondary N) is 2. The summed E-state index contributed by atoms with van der Waals surface area (Å²) in [4.78, 5) is 25.5. The summed E-state index contributed by atoms with van der Waals surface area (Å²) in [5.74, 6) is -0.867. The van der Waals surface area contributed by atoms with Crippen LogP contribution in [0.2, 0.25) is 0 Å². The Bertz CT molecular complexity index is 1330. The molecule has 0 saturated carbocycles. The number of ether oxygens (including phenoxy) is 2. The van der Waals surface area contributed by atoms with Gasteiger partial charge in [0.25, 0.3) is 15.9 Å². The molecule has 0 aliphatic heterocycles. The van der Waals surface area contributed by atoms with E-state index in [1.165, 1.54) is 42.9 Å². The highest BCUT2D eigenvalue weighted by Crippen LogP contribution is 2.25. The number of methoxy groups -OCH3 is 1. The Hall–Kier alpha value is -3.97. The molecule has 4 N–H and O–H groups in total. The lowest BCUT2D eigenvalue weighted by molar-refractivity contribution is -0.129. The molecule has 0 saturated heterocycles. The average Bonchev–Trinajstić information content (AvgIpc) is 2.90. The zero-order chi connectivity index (χ0) is 26.8. The van der Waals surface area contributed by atoms with E-state index in [9.17, 15) is 23.2 Å². The number of carbonyl (C=O) groups is 2. The average molecular weight is 530 g/mol. The van der Waals surface area contributed by atoms with Gasteiger partial charge in [0.1, 0.15) is 11.5 Å². The fourth-order valence-electron chi connectivity index (χ4n) is 3.42. The van der Waals surface area contributed by atoms with Crippen LogP contribution in [-0.4, -0.2) is 49.5 Å². The van der Waals surface area contributed by atoms with Gasteiger partial charge in [-0.2, -0.15) is 0 Å². The van der Waals surface area contributed by atoms with E-state index in [1.807, 2.05) is 35.2 Å². The maximum Gasteiger partial charge on any atom is 0.293 e. The van der Waals surface area contributed by atoms with Crippen LogP contribution in [0.5, 0.6) is 11.5 Å². The number of rotatable bonds is 12. The highest BCUT2D eigenvalue weighted by atomic mass is 32.2. The van der Waals surface area contributed by atoms with Gasteiger partial charge in [-0.05, 0) is 60.4 Å². The Morgan fingerprint density at radius 2 is 1.73 bits per heavy atom. The number of carbonyl (C=O) groups excluding carboxylic acids is 2. The molecule has 0 aliphatic carbocycles. The minimum Gasteiger partial charge on any atom is -0.497 e. The van der Waals surface area contributed by atoms with Crippen molar-refractivity contribution in [3.63, 3.8) is 0 Å². The van der Waals surface area contributed by atoms with Gasteiger partial charge in [-0.25, -0.2) is 13.9 Å². The molecule has 11 nitrogen and oxygen atoms in total. The van der Waals surface area contributed by atoms with Gasteiger partial charge in [0.05, 0.1) is 18.6 Å². The van der Waals surface area contributed by atoms with Crippen molar-refractivity contribution in [3.05, 3.63) is 89.5 Å². The third-order valence-electron chi connectivity index (χ3n) is 5.22. The van der Waals surface area contributed by atoms with Crippen molar-refractivity contribution in [2.75, 3.05) is 13.7 Å². The molecule has 0 atom stereocenters. The van der Waals surface area contributed by atoms with Crippen molar-refractivity contribution < 1.29 is 37.9 Å². The van der Waals surface area contributed by atoms with Crippen LogP contribution in [0.4, 0.5) is 0 Å². The van der Waals surface area contributed by atoms with E-state index >= 15 is 0 Å². The van der Waals surface area contributed by atoms with E-state index in [4.69, 9.17) is 14.7 Å². The highest BCUT2D eigenvalue weighted by Gasteiger charge is 2.25. The Kier molecular flexibility index (Phi) is 9.57. The van der Waals surface area contributed by atoms with Crippen molar-refractivity contribution in [3.8, 4) is 11.5 Å². The zero-order valence-corrected chi connectivity index (χ0v) is 20.8. The number of hydrogen-bond acceptors (Lipinski definition) is 8. The van der Waals surface area contributed by atoms with Gasteiger partial charge in [-0.3, -0.25) is 20.0 Å². The van der Waals surface area contributed by atoms with Crippen LogP contribution in [0.25, 0.3) is 0 Å². The molecule has 0 bridgehead atoms. The number of benzene rings is 3. The topological polar surface area (TPSA) is 154 Å². The van der Waals surface area contributed by atoms with Crippen LogP contribution in [0.3, 0.4) is 0 Å². The van der Waals surface area contributed by atoms with E-state index in [-0.39, 0.29) is 40.8 Å². The maximum absolute atomic E-state index is 13.1. The van der Waals surface area contributed by atoms with Gasteiger partial charge < -0.3 is 9.47 Å². The first-order valence-corrected chi connectivity index (χ1v) is 12.6. The third-order valence-corrected chi connectivity index (χ3v) is 6.61. The largest absolute Gasteiger partial charge is 0.497 e. The first kappa shape index (κ1) is 27.6. The summed E-state index contributed by atoms with van der Waals surface area (Å²) in [5, 5.41) is 18.7. The summed E-state index contributed by atoms with van der Waals surface area (Å²) in [6.07, 6.45) is 0.621. The molecule has 37 heavy (non-hydrogen) atoms. The SMILES string of the molecule is COc1ccc(S(=O)(=O)NN(O)C(=O)c2cccc(OCCCC(=O)NO)c2)c(Cc2ccccc2)c1. The van der Waals surface area contributed by atoms with Crippen molar-refractivity contribution in [2.24, 2.45) is 0 Å². The molecule has 3 aromatic carbocycles. The number of nitrogens with zero attached hydrogens (tertiary/aromatic N) is 1. The second kappa shape index (κ2) is 12.8. The quantitative estimate of drug-likeness (QED) is 0.159. The van der Waals surface area contributed by atoms with Gasteiger partial charge in [-0.1, -0.05) is 41.2 Å². The van der Waals surface area contributed by atoms with Crippen molar-refractivity contribution in [2.45, 2.75) is 24.2 Å². The molecule has 0 heterocycles. The number of sulfonamides is 1. The molecule has 0 unspecified atom stereocenters. The van der Waals surface area contributed by atoms with E-state index in [2.05, 4.69) is 0 Å². The zero-order valence-electron chi connectivity index (χ0n) is 20.0. The molecule has 3 aromatic rings. The second-order valence-electron chi connectivity index (χ2n) is 7.86. The minimum absolute atomic E-state index is 0.0406. The lowest BCUT2D eigenvalue weighted by Gasteiger charge is -2.18. The van der Waals surface area contributed by atoms with Crippen LogP contribution in [0, 0.1) is 0 Å². The summed E-state index contributed by atoms with van der Waals surface area (Å²) in [6, 6.07) is 19.3. The lowest BCUT2D eigenvalue weighted by Crippen LogP contribution is -2.44. The van der Waals surface area contributed by atoms with E-state index in [1.54, 1.807) is 12.1 Å². The number of hydrazine groups is 1. The van der Waals surface area contributed by atoms with Crippen LogP contribution >= 0.6 is 0 Å². The highest BCUT2D eigenvalue weighted by molar-refractivity contribution is 7.89. The predicted molar refractivity (Wildman–Crippen MR) is 132 cm³/mol. The Morgan fingerprint density at radius 3 is 2.43 bits per heavy atom. The van der Waals surface area contributed by atoms with Crippen LogP contribution < -0.4 is 19.8 Å². The van der Waals surface area contributed by atoms with E-state index < -0.39 is 21.8 Å². The number of hydroxylamine groups is 2. The molecule has 0 fully saturated rings. The smallest absolute Gasteiger partial charge is 0.293 e. The van der Waals surface area contributed by atoms with Gasteiger partial charge in [0.15, 0.2) is 0 Å².